The molecule has 2 aliphatic carbocycles. The third kappa shape index (κ3) is 1.72. The molecule has 0 aliphatic heterocycles. The van der Waals surface area contributed by atoms with Crippen LogP contribution in [0, 0.1) is 13.8 Å². The zero-order valence-corrected chi connectivity index (χ0v) is 15.4. The summed E-state index contributed by atoms with van der Waals surface area (Å²) in [5.74, 6) is -0.0465. The molecule has 0 amide bonds. The van der Waals surface area contributed by atoms with Crippen LogP contribution in [0.3, 0.4) is 0 Å². The largest absolute Gasteiger partial charge is 0.289 e. The summed E-state index contributed by atoms with van der Waals surface area (Å²) in [7, 11) is 0. The molecule has 6 rings (SSSR count). The Labute approximate surface area is 158 Å². The van der Waals surface area contributed by atoms with Gasteiger partial charge in [-0.3, -0.25) is 19.6 Å². The maximum Gasteiger partial charge on any atom is 0.205 e. The van der Waals surface area contributed by atoms with E-state index in [0.29, 0.717) is 33.0 Å². The van der Waals surface area contributed by atoms with Gasteiger partial charge in [0.25, 0.3) is 0 Å². The van der Waals surface area contributed by atoms with Gasteiger partial charge >= 0.3 is 0 Å². The van der Waals surface area contributed by atoms with Crippen molar-refractivity contribution < 1.29 is 9.59 Å². The lowest BCUT2D eigenvalue weighted by atomic mass is 9.84. The zero-order chi connectivity index (χ0) is 18.4. The van der Waals surface area contributed by atoms with Crippen LogP contribution >= 0.6 is 11.3 Å². The van der Waals surface area contributed by atoms with Crippen LogP contribution in [0.2, 0.25) is 0 Å². The number of carbonyl (C=O) groups is 2. The maximum atomic E-state index is 13.2. The van der Waals surface area contributed by atoms with E-state index in [-0.39, 0.29) is 11.6 Å². The molecule has 0 fully saturated rings. The molecule has 5 heteroatoms. The van der Waals surface area contributed by atoms with E-state index in [0.717, 1.165) is 32.3 Å². The second kappa shape index (κ2) is 4.75. The van der Waals surface area contributed by atoms with Crippen LogP contribution in [0.25, 0.3) is 32.6 Å². The van der Waals surface area contributed by atoms with Crippen LogP contribution in [0.5, 0.6) is 0 Å². The molecule has 3 heterocycles. The van der Waals surface area contributed by atoms with Crippen LogP contribution in [-0.2, 0) is 0 Å². The van der Waals surface area contributed by atoms with Crippen molar-refractivity contribution in [1.29, 1.82) is 0 Å². The van der Waals surface area contributed by atoms with Crippen molar-refractivity contribution >= 4 is 33.7 Å². The summed E-state index contributed by atoms with van der Waals surface area (Å²) < 4.78 is 0. The minimum atomic E-state index is -0.0280. The molecule has 0 saturated heterocycles. The minimum absolute atomic E-state index is 0.0184. The van der Waals surface area contributed by atoms with E-state index in [9.17, 15) is 9.59 Å². The van der Waals surface area contributed by atoms with Crippen molar-refractivity contribution in [3.8, 4) is 21.8 Å². The van der Waals surface area contributed by atoms with Gasteiger partial charge in [-0.05, 0) is 43.2 Å². The number of pyridine rings is 2. The predicted octanol–water partition coefficient (Wildman–Crippen LogP) is 4.73. The van der Waals surface area contributed by atoms with Crippen molar-refractivity contribution in [2.75, 3.05) is 0 Å². The Hall–Kier alpha value is -3.18. The highest BCUT2D eigenvalue weighted by molar-refractivity contribution is 7.20. The normalized spacial score (nSPS) is 13.7. The average Bonchev–Trinajstić information content (AvgIpc) is 3.06. The van der Waals surface area contributed by atoms with E-state index in [1.54, 1.807) is 12.4 Å². The van der Waals surface area contributed by atoms with Gasteiger partial charge in [-0.15, -0.1) is 11.3 Å². The summed E-state index contributed by atoms with van der Waals surface area (Å²) in [6.45, 7) is 3.86. The fourth-order valence-corrected chi connectivity index (χ4v) is 5.43. The summed E-state index contributed by atoms with van der Waals surface area (Å²) >= 11 is 1.44. The van der Waals surface area contributed by atoms with Crippen molar-refractivity contribution in [3.63, 3.8) is 0 Å². The highest BCUT2D eigenvalue weighted by Gasteiger charge is 2.36. The average molecular weight is 368 g/mol. The summed E-state index contributed by atoms with van der Waals surface area (Å²) in [4.78, 5) is 37.0. The van der Waals surface area contributed by atoms with Crippen molar-refractivity contribution in [2.45, 2.75) is 13.8 Å². The first-order valence-corrected chi connectivity index (χ1v) is 9.49. The molecule has 2 aliphatic rings. The molecule has 0 bridgehead atoms. The Balaban J connectivity index is 1.80. The molecule has 3 aromatic heterocycles. The minimum Gasteiger partial charge on any atom is -0.289 e. The molecule has 0 saturated carbocycles. The van der Waals surface area contributed by atoms with Gasteiger partial charge in [-0.25, -0.2) is 0 Å². The van der Waals surface area contributed by atoms with Gasteiger partial charge < -0.3 is 0 Å². The zero-order valence-electron chi connectivity index (χ0n) is 14.6. The lowest BCUT2D eigenvalue weighted by molar-refractivity contribution is 0.103. The Morgan fingerprint density at radius 1 is 0.704 bits per heavy atom. The number of carbonyl (C=O) groups excluding carboxylic acids is 2. The molecule has 0 N–H and O–H groups in total. The number of benzene rings is 1. The van der Waals surface area contributed by atoms with Crippen molar-refractivity contribution in [1.82, 2.24) is 9.97 Å². The molecule has 1 aromatic carbocycles. The first-order valence-electron chi connectivity index (χ1n) is 8.67. The van der Waals surface area contributed by atoms with E-state index in [4.69, 9.17) is 0 Å². The van der Waals surface area contributed by atoms with Crippen LogP contribution in [0.15, 0.2) is 36.7 Å². The first kappa shape index (κ1) is 14.9. The predicted molar refractivity (Wildman–Crippen MR) is 105 cm³/mol. The molecule has 0 radical (unpaired) electrons. The molecule has 4 aromatic rings. The Morgan fingerprint density at radius 2 is 1.30 bits per heavy atom. The molecule has 0 unspecified atom stereocenters. The van der Waals surface area contributed by atoms with E-state index < -0.39 is 0 Å². The van der Waals surface area contributed by atoms with E-state index in [1.165, 1.54) is 11.3 Å². The van der Waals surface area contributed by atoms with Crippen LogP contribution < -0.4 is 0 Å². The maximum absolute atomic E-state index is 13.2. The van der Waals surface area contributed by atoms with E-state index >= 15 is 0 Å². The SMILES string of the molecule is Cc1cnc2c(c1)C(=O)c1sc3c4c(ccc-2c14)C(=O)c1cc(C)cnc1-3. The second-order valence-electron chi connectivity index (χ2n) is 7.15. The number of aromatic nitrogens is 2. The lowest BCUT2D eigenvalue weighted by Gasteiger charge is -2.19. The number of rotatable bonds is 0. The van der Waals surface area contributed by atoms with Crippen LogP contribution in [-0.4, -0.2) is 21.5 Å². The second-order valence-corrected chi connectivity index (χ2v) is 8.17. The number of thiophene rings is 1. The summed E-state index contributed by atoms with van der Waals surface area (Å²) in [5.41, 5.74) is 6.10. The van der Waals surface area contributed by atoms with Crippen molar-refractivity contribution in [2.24, 2.45) is 0 Å². The fourth-order valence-electron chi connectivity index (χ4n) is 4.14. The molecule has 128 valence electrons. The van der Waals surface area contributed by atoms with E-state index in [1.807, 2.05) is 38.1 Å². The van der Waals surface area contributed by atoms with Gasteiger partial charge in [0, 0.05) is 39.9 Å². The molecule has 27 heavy (non-hydrogen) atoms. The first-order chi connectivity index (χ1) is 13.0. The summed E-state index contributed by atoms with van der Waals surface area (Å²) in [5, 5.41) is 1.70. The molecule has 0 spiro atoms. The monoisotopic (exact) mass is 368 g/mol. The van der Waals surface area contributed by atoms with E-state index in [2.05, 4.69) is 9.97 Å². The van der Waals surface area contributed by atoms with Gasteiger partial charge in [0.05, 0.1) is 26.7 Å². The van der Waals surface area contributed by atoms with Gasteiger partial charge in [-0.2, -0.15) is 0 Å². The number of aryl methyl sites for hydroxylation is 2. The molecule has 4 nitrogen and oxygen atoms in total. The topological polar surface area (TPSA) is 59.9 Å². The number of hydrogen-bond acceptors (Lipinski definition) is 5. The third-order valence-electron chi connectivity index (χ3n) is 5.32. The number of fused-ring (bicyclic) bond motifs is 4. The van der Waals surface area contributed by atoms with Crippen LogP contribution in [0.4, 0.5) is 0 Å². The van der Waals surface area contributed by atoms with Gasteiger partial charge in [-0.1, -0.05) is 6.07 Å². The smallest absolute Gasteiger partial charge is 0.205 e. The van der Waals surface area contributed by atoms with Gasteiger partial charge in [0.15, 0.2) is 5.78 Å². The Kier molecular flexibility index (Phi) is 2.63. The third-order valence-corrected chi connectivity index (χ3v) is 6.52. The number of ketones is 2. The molecule has 0 atom stereocenters. The fraction of sp³-hybridized carbons (Fsp3) is 0.0909. The molecular weight excluding hydrogens is 356 g/mol. The van der Waals surface area contributed by atoms with Crippen molar-refractivity contribution in [3.05, 3.63) is 69.4 Å². The number of nitrogens with zero attached hydrogens (tertiary/aromatic N) is 2. The molecular formula is C22H12N2O2S. The summed E-state index contributed by atoms with van der Waals surface area (Å²) in [6.07, 6.45) is 3.55. The standard InChI is InChI=1S/C22H12N2O2S/c1-9-5-13-17(23-7-9)11-3-4-12-16-15(11)22(20(13)26)27-21(16)18-14(19(12)25)6-10(2)8-24-18/h3-8H,1-2H3. The highest BCUT2D eigenvalue weighted by atomic mass is 32.1. The number of hydrogen-bond donors (Lipinski definition) is 0. The van der Waals surface area contributed by atoms with Gasteiger partial charge in [0.2, 0.25) is 5.78 Å². The van der Waals surface area contributed by atoms with Gasteiger partial charge in [0.1, 0.15) is 0 Å². The summed E-state index contributed by atoms with van der Waals surface area (Å²) in [6, 6.07) is 7.57. The van der Waals surface area contributed by atoms with Crippen LogP contribution in [0.1, 0.15) is 42.3 Å². The quantitative estimate of drug-likeness (QED) is 0.389. The Morgan fingerprint density at radius 3 is 2.04 bits per heavy atom. The lowest BCUT2D eigenvalue weighted by Crippen LogP contribution is -2.12. The highest BCUT2D eigenvalue weighted by Crippen LogP contribution is 2.51. The Bertz CT molecular complexity index is 1380.